The summed E-state index contributed by atoms with van der Waals surface area (Å²) < 4.78 is 13.1. The molecule has 0 saturated heterocycles. The number of halogens is 1. The molecule has 0 fully saturated rings. The normalized spacial score (nSPS) is 11.9. The maximum Gasteiger partial charge on any atom is 0.305 e. The Morgan fingerprint density at radius 3 is 2.63 bits per heavy atom. The zero-order valence-electron chi connectivity index (χ0n) is 10.1. The molecule has 0 spiro atoms. The van der Waals surface area contributed by atoms with Crippen LogP contribution in [0, 0.1) is 15.9 Å². The van der Waals surface area contributed by atoms with Crippen LogP contribution in [0.15, 0.2) is 36.7 Å². The van der Waals surface area contributed by atoms with Crippen LogP contribution < -0.4 is 5.32 Å². The van der Waals surface area contributed by atoms with E-state index in [1.165, 1.54) is 12.1 Å². The average molecular weight is 262 g/mol. The van der Waals surface area contributed by atoms with Gasteiger partial charge in [-0.15, -0.1) is 0 Å². The molecule has 0 saturated carbocycles. The van der Waals surface area contributed by atoms with Crippen molar-refractivity contribution >= 4 is 11.6 Å². The SMILES string of the molecule is CC(Nc1ncc([N+](=O)[O-])cn1)c1cccc(F)c1. The third-order valence-corrected chi connectivity index (χ3v) is 2.54. The largest absolute Gasteiger partial charge is 0.348 e. The van der Waals surface area contributed by atoms with E-state index >= 15 is 0 Å². The van der Waals surface area contributed by atoms with Crippen molar-refractivity contribution in [3.8, 4) is 0 Å². The lowest BCUT2D eigenvalue weighted by Crippen LogP contribution is -2.09. The molecule has 0 aliphatic heterocycles. The van der Waals surface area contributed by atoms with Gasteiger partial charge in [0, 0.05) is 0 Å². The van der Waals surface area contributed by atoms with Gasteiger partial charge in [0.15, 0.2) is 0 Å². The van der Waals surface area contributed by atoms with Gasteiger partial charge in [0.05, 0.1) is 11.0 Å². The second kappa shape index (κ2) is 5.38. The summed E-state index contributed by atoms with van der Waals surface area (Å²) in [4.78, 5) is 17.5. The molecule has 0 bridgehead atoms. The average Bonchev–Trinajstić information content (AvgIpc) is 2.39. The molecule has 2 rings (SSSR count). The molecule has 7 heteroatoms. The van der Waals surface area contributed by atoms with Gasteiger partial charge in [-0.25, -0.2) is 14.4 Å². The van der Waals surface area contributed by atoms with Crippen molar-refractivity contribution in [3.05, 3.63) is 58.2 Å². The number of aromatic nitrogens is 2. The Hall–Kier alpha value is -2.57. The van der Waals surface area contributed by atoms with Crippen LogP contribution in [0.5, 0.6) is 0 Å². The molecular weight excluding hydrogens is 251 g/mol. The number of nitrogens with zero attached hydrogens (tertiary/aromatic N) is 3. The fourth-order valence-electron chi connectivity index (χ4n) is 1.54. The van der Waals surface area contributed by atoms with Crippen LogP contribution in [0.2, 0.25) is 0 Å². The van der Waals surface area contributed by atoms with Gasteiger partial charge < -0.3 is 5.32 Å². The molecule has 1 heterocycles. The Balaban J connectivity index is 2.10. The number of anilines is 1. The first-order valence-electron chi connectivity index (χ1n) is 5.54. The molecule has 1 aromatic heterocycles. The summed E-state index contributed by atoms with van der Waals surface area (Å²) in [6.07, 6.45) is 2.24. The zero-order valence-corrected chi connectivity index (χ0v) is 10.1. The van der Waals surface area contributed by atoms with Gasteiger partial charge in [0.2, 0.25) is 5.95 Å². The molecule has 6 nitrogen and oxygen atoms in total. The van der Waals surface area contributed by atoms with E-state index in [0.717, 1.165) is 18.0 Å². The molecule has 0 radical (unpaired) electrons. The highest BCUT2D eigenvalue weighted by atomic mass is 19.1. The Morgan fingerprint density at radius 1 is 1.37 bits per heavy atom. The van der Waals surface area contributed by atoms with Crippen LogP contribution in [-0.2, 0) is 0 Å². The van der Waals surface area contributed by atoms with E-state index in [2.05, 4.69) is 15.3 Å². The zero-order chi connectivity index (χ0) is 13.8. The number of hydrogen-bond acceptors (Lipinski definition) is 5. The molecule has 1 N–H and O–H groups in total. The van der Waals surface area contributed by atoms with Crippen molar-refractivity contribution in [1.82, 2.24) is 9.97 Å². The number of nitro groups is 1. The summed E-state index contributed by atoms with van der Waals surface area (Å²) in [6, 6.07) is 5.94. The first-order valence-corrected chi connectivity index (χ1v) is 5.54. The van der Waals surface area contributed by atoms with Gasteiger partial charge in [-0.3, -0.25) is 10.1 Å². The molecule has 0 aliphatic carbocycles. The predicted molar refractivity (Wildman–Crippen MR) is 67.1 cm³/mol. The molecule has 0 amide bonds. The summed E-state index contributed by atoms with van der Waals surface area (Å²) in [5.41, 5.74) is 0.561. The summed E-state index contributed by atoms with van der Waals surface area (Å²) in [6.45, 7) is 1.82. The highest BCUT2D eigenvalue weighted by molar-refractivity contribution is 5.34. The highest BCUT2D eigenvalue weighted by Crippen LogP contribution is 2.18. The molecule has 98 valence electrons. The van der Waals surface area contributed by atoms with Gasteiger partial charge in [-0.05, 0) is 24.6 Å². The minimum absolute atomic E-state index is 0.177. The molecule has 0 aliphatic rings. The molecule has 2 aromatic rings. The predicted octanol–water partition coefficient (Wildman–Crippen LogP) is 2.70. The van der Waals surface area contributed by atoms with Crippen molar-refractivity contribution in [2.75, 3.05) is 5.32 Å². The third-order valence-electron chi connectivity index (χ3n) is 2.54. The van der Waals surface area contributed by atoms with E-state index in [0.29, 0.717) is 0 Å². The first-order chi connectivity index (χ1) is 9.06. The summed E-state index contributed by atoms with van der Waals surface area (Å²) in [7, 11) is 0. The Morgan fingerprint density at radius 2 is 2.05 bits per heavy atom. The van der Waals surface area contributed by atoms with Gasteiger partial charge >= 0.3 is 5.69 Å². The second-order valence-corrected chi connectivity index (χ2v) is 3.94. The van der Waals surface area contributed by atoms with Gasteiger partial charge in [0.25, 0.3) is 0 Å². The second-order valence-electron chi connectivity index (χ2n) is 3.94. The lowest BCUT2D eigenvalue weighted by Gasteiger charge is -2.13. The Bertz CT molecular complexity index is 589. The molecule has 19 heavy (non-hydrogen) atoms. The van der Waals surface area contributed by atoms with E-state index in [4.69, 9.17) is 0 Å². The van der Waals surface area contributed by atoms with Crippen LogP contribution >= 0.6 is 0 Å². The van der Waals surface area contributed by atoms with E-state index in [-0.39, 0.29) is 23.5 Å². The summed E-state index contributed by atoms with van der Waals surface area (Å²) >= 11 is 0. The molecule has 1 atom stereocenters. The Kier molecular flexibility index (Phi) is 3.65. The van der Waals surface area contributed by atoms with E-state index < -0.39 is 4.92 Å². The van der Waals surface area contributed by atoms with Crippen molar-refractivity contribution in [2.45, 2.75) is 13.0 Å². The summed E-state index contributed by atoms with van der Waals surface area (Å²) in [5, 5.41) is 13.4. The monoisotopic (exact) mass is 262 g/mol. The summed E-state index contributed by atoms with van der Waals surface area (Å²) in [5.74, 6) is -0.0712. The smallest absolute Gasteiger partial charge is 0.305 e. The quantitative estimate of drug-likeness (QED) is 0.676. The number of benzene rings is 1. The first kappa shape index (κ1) is 12.9. The molecule has 1 unspecified atom stereocenters. The van der Waals surface area contributed by atoms with Crippen LogP contribution in [0.1, 0.15) is 18.5 Å². The minimum Gasteiger partial charge on any atom is -0.348 e. The number of rotatable bonds is 4. The highest BCUT2D eigenvalue weighted by Gasteiger charge is 2.10. The van der Waals surface area contributed by atoms with Crippen molar-refractivity contribution in [1.29, 1.82) is 0 Å². The van der Waals surface area contributed by atoms with Crippen molar-refractivity contribution in [3.63, 3.8) is 0 Å². The lowest BCUT2D eigenvalue weighted by atomic mass is 10.1. The van der Waals surface area contributed by atoms with E-state index in [1.54, 1.807) is 12.1 Å². The van der Waals surface area contributed by atoms with Crippen molar-refractivity contribution < 1.29 is 9.31 Å². The lowest BCUT2D eigenvalue weighted by molar-refractivity contribution is -0.385. The maximum atomic E-state index is 13.1. The van der Waals surface area contributed by atoms with E-state index in [1.807, 2.05) is 6.92 Å². The van der Waals surface area contributed by atoms with Crippen LogP contribution in [0.4, 0.5) is 16.0 Å². The fourth-order valence-corrected chi connectivity index (χ4v) is 1.54. The Labute approximate surface area is 108 Å². The van der Waals surface area contributed by atoms with Crippen molar-refractivity contribution in [2.24, 2.45) is 0 Å². The molecule has 1 aromatic carbocycles. The van der Waals surface area contributed by atoms with Gasteiger partial charge in [-0.2, -0.15) is 0 Å². The molecular formula is C12H11FN4O2. The standard InChI is InChI=1S/C12H11FN4O2/c1-8(9-3-2-4-10(13)5-9)16-12-14-6-11(7-15-12)17(18)19/h2-8H,1H3,(H,14,15,16). The van der Waals surface area contributed by atoms with Gasteiger partial charge in [-0.1, -0.05) is 12.1 Å². The van der Waals surface area contributed by atoms with E-state index in [9.17, 15) is 14.5 Å². The minimum atomic E-state index is -0.570. The fraction of sp³-hybridized carbons (Fsp3) is 0.167. The van der Waals surface area contributed by atoms with Crippen LogP contribution in [-0.4, -0.2) is 14.9 Å². The maximum absolute atomic E-state index is 13.1. The third kappa shape index (κ3) is 3.21. The number of hydrogen-bond donors (Lipinski definition) is 1. The number of nitrogens with one attached hydrogen (secondary N) is 1. The van der Waals surface area contributed by atoms with Crippen LogP contribution in [0.3, 0.4) is 0 Å². The van der Waals surface area contributed by atoms with Gasteiger partial charge in [0.1, 0.15) is 18.2 Å². The topological polar surface area (TPSA) is 81.0 Å². The van der Waals surface area contributed by atoms with Crippen LogP contribution in [0.25, 0.3) is 0 Å².